The summed E-state index contributed by atoms with van der Waals surface area (Å²) in [5.74, 6) is 0.805. The van der Waals surface area contributed by atoms with Crippen molar-refractivity contribution in [2.45, 2.75) is 10.5 Å². The molecular weight excluding hydrogens is 267 g/mol. The Hall–Kier alpha value is -0.290. The van der Waals surface area contributed by atoms with Gasteiger partial charge in [-0.15, -0.1) is 0 Å². The van der Waals surface area contributed by atoms with Crippen LogP contribution in [0, 0.1) is 0 Å². The number of alkyl halides is 1. The van der Waals surface area contributed by atoms with E-state index in [0.717, 1.165) is 11.3 Å². The van der Waals surface area contributed by atoms with E-state index in [9.17, 15) is 5.11 Å². The predicted octanol–water partition coefficient (Wildman–Crippen LogP) is 2.30. The van der Waals surface area contributed by atoms with Gasteiger partial charge in [0.1, 0.15) is 9.36 Å². The maximum atomic E-state index is 9.60. The SMILES string of the molecule is COc1ccc([C@](C)(O)I)cc1. The number of rotatable bonds is 2. The lowest BCUT2D eigenvalue weighted by Gasteiger charge is -2.15. The third-order valence-corrected chi connectivity index (χ3v) is 2.24. The molecule has 0 spiro atoms. The average molecular weight is 278 g/mol. The zero-order chi connectivity index (χ0) is 9.19. The molecule has 2 nitrogen and oxygen atoms in total. The lowest BCUT2D eigenvalue weighted by molar-refractivity contribution is 0.178. The fourth-order valence-electron chi connectivity index (χ4n) is 0.895. The number of halogens is 1. The van der Waals surface area contributed by atoms with Crippen molar-refractivity contribution in [3.63, 3.8) is 0 Å². The Balaban J connectivity index is 2.93. The van der Waals surface area contributed by atoms with Crippen LogP contribution in [0.5, 0.6) is 5.75 Å². The van der Waals surface area contributed by atoms with Crippen LogP contribution in [0.25, 0.3) is 0 Å². The molecule has 0 fully saturated rings. The molecule has 0 amide bonds. The fourth-order valence-corrected chi connectivity index (χ4v) is 1.25. The number of aliphatic hydroxyl groups is 1. The van der Waals surface area contributed by atoms with E-state index in [1.807, 2.05) is 46.9 Å². The van der Waals surface area contributed by atoms with Gasteiger partial charge in [-0.3, -0.25) is 0 Å². The first-order valence-electron chi connectivity index (χ1n) is 3.60. The largest absolute Gasteiger partial charge is 0.497 e. The smallest absolute Gasteiger partial charge is 0.138 e. The van der Waals surface area contributed by atoms with E-state index >= 15 is 0 Å². The molecule has 1 aromatic carbocycles. The average Bonchev–Trinajstić information content (AvgIpc) is 2.03. The minimum absolute atomic E-state index is 0.802. The molecule has 0 aliphatic heterocycles. The van der Waals surface area contributed by atoms with E-state index in [1.54, 1.807) is 14.0 Å². The molecule has 1 aromatic rings. The van der Waals surface area contributed by atoms with E-state index in [2.05, 4.69) is 0 Å². The maximum absolute atomic E-state index is 9.60. The van der Waals surface area contributed by atoms with Crippen LogP contribution in [-0.4, -0.2) is 12.2 Å². The van der Waals surface area contributed by atoms with Crippen molar-refractivity contribution in [3.8, 4) is 5.75 Å². The van der Waals surface area contributed by atoms with Crippen LogP contribution in [0.3, 0.4) is 0 Å². The van der Waals surface area contributed by atoms with Gasteiger partial charge in [0.25, 0.3) is 0 Å². The van der Waals surface area contributed by atoms with E-state index < -0.39 is 3.61 Å². The van der Waals surface area contributed by atoms with Gasteiger partial charge in [-0.25, -0.2) is 0 Å². The Morgan fingerprint density at radius 2 is 1.83 bits per heavy atom. The van der Waals surface area contributed by atoms with Crippen LogP contribution in [0.15, 0.2) is 24.3 Å². The van der Waals surface area contributed by atoms with Crippen molar-refractivity contribution in [2.24, 2.45) is 0 Å². The highest BCUT2D eigenvalue weighted by atomic mass is 127. The van der Waals surface area contributed by atoms with Gasteiger partial charge in [-0.2, -0.15) is 0 Å². The van der Waals surface area contributed by atoms with Gasteiger partial charge < -0.3 is 9.84 Å². The second kappa shape index (κ2) is 3.62. The third kappa shape index (κ3) is 2.35. The van der Waals surface area contributed by atoms with Crippen LogP contribution < -0.4 is 4.74 Å². The van der Waals surface area contributed by atoms with Crippen molar-refractivity contribution >= 4 is 22.6 Å². The minimum atomic E-state index is -0.802. The van der Waals surface area contributed by atoms with Gasteiger partial charge in [0.2, 0.25) is 0 Å². The summed E-state index contributed by atoms with van der Waals surface area (Å²) in [6, 6.07) is 7.38. The third-order valence-electron chi connectivity index (χ3n) is 1.62. The number of ether oxygens (including phenoxy) is 1. The van der Waals surface area contributed by atoms with Crippen LogP contribution >= 0.6 is 22.6 Å². The fraction of sp³-hybridized carbons (Fsp3) is 0.333. The molecule has 66 valence electrons. The Bertz CT molecular complexity index is 248. The maximum Gasteiger partial charge on any atom is 0.138 e. The van der Waals surface area contributed by atoms with Gasteiger partial charge in [-0.1, -0.05) is 12.1 Å². The molecule has 3 heteroatoms. The number of methoxy groups -OCH3 is 1. The summed E-state index contributed by atoms with van der Waals surface area (Å²) in [6.07, 6.45) is 0. The lowest BCUT2D eigenvalue weighted by Crippen LogP contribution is -2.10. The van der Waals surface area contributed by atoms with Crippen LogP contribution in [0.1, 0.15) is 12.5 Å². The molecule has 0 aromatic heterocycles. The van der Waals surface area contributed by atoms with Crippen LogP contribution in [0.4, 0.5) is 0 Å². The molecule has 0 unspecified atom stereocenters. The summed E-state index contributed by atoms with van der Waals surface area (Å²) in [7, 11) is 1.62. The zero-order valence-electron chi connectivity index (χ0n) is 7.04. The van der Waals surface area contributed by atoms with E-state index in [-0.39, 0.29) is 0 Å². The standard InChI is InChI=1S/C9H11IO2/c1-9(10,11)7-3-5-8(12-2)6-4-7/h3-6,11H,1-2H3/t9-/m0/s1. The van der Waals surface area contributed by atoms with Crippen LogP contribution in [-0.2, 0) is 3.61 Å². The van der Waals surface area contributed by atoms with Crippen molar-refractivity contribution < 1.29 is 9.84 Å². The number of hydrogen-bond donors (Lipinski definition) is 1. The van der Waals surface area contributed by atoms with Gasteiger partial charge in [-0.05, 0) is 47.2 Å². The van der Waals surface area contributed by atoms with Crippen molar-refractivity contribution in [2.75, 3.05) is 7.11 Å². The van der Waals surface area contributed by atoms with E-state index in [4.69, 9.17) is 4.74 Å². The first kappa shape index (κ1) is 9.80. The second-order valence-electron chi connectivity index (χ2n) is 2.68. The highest BCUT2D eigenvalue weighted by Crippen LogP contribution is 2.28. The molecule has 0 aliphatic rings. The Morgan fingerprint density at radius 1 is 1.33 bits per heavy atom. The Labute approximate surface area is 85.7 Å². The number of benzene rings is 1. The van der Waals surface area contributed by atoms with Crippen molar-refractivity contribution in [1.82, 2.24) is 0 Å². The summed E-state index contributed by atoms with van der Waals surface area (Å²) in [5, 5.41) is 9.60. The second-order valence-corrected chi connectivity index (χ2v) is 4.78. The molecule has 12 heavy (non-hydrogen) atoms. The van der Waals surface area contributed by atoms with E-state index in [0.29, 0.717) is 0 Å². The van der Waals surface area contributed by atoms with E-state index in [1.165, 1.54) is 0 Å². The van der Waals surface area contributed by atoms with Crippen molar-refractivity contribution in [1.29, 1.82) is 0 Å². The molecule has 0 saturated carbocycles. The van der Waals surface area contributed by atoms with Crippen molar-refractivity contribution in [3.05, 3.63) is 29.8 Å². The molecule has 0 saturated heterocycles. The molecule has 1 atom stereocenters. The summed E-state index contributed by atoms with van der Waals surface area (Å²) in [4.78, 5) is 0. The van der Waals surface area contributed by atoms with Gasteiger partial charge in [0.05, 0.1) is 7.11 Å². The van der Waals surface area contributed by atoms with Gasteiger partial charge in [0.15, 0.2) is 0 Å². The number of hydrogen-bond acceptors (Lipinski definition) is 2. The normalized spacial score (nSPS) is 15.3. The first-order chi connectivity index (χ1) is 5.54. The van der Waals surface area contributed by atoms with Gasteiger partial charge in [0, 0.05) is 0 Å². The minimum Gasteiger partial charge on any atom is -0.497 e. The molecule has 1 N–H and O–H groups in total. The topological polar surface area (TPSA) is 29.5 Å². The predicted molar refractivity (Wildman–Crippen MR) is 56.6 cm³/mol. The summed E-state index contributed by atoms with van der Waals surface area (Å²) in [5.41, 5.74) is 0.879. The molecule has 0 radical (unpaired) electrons. The molecule has 0 aliphatic carbocycles. The lowest BCUT2D eigenvalue weighted by atomic mass is 10.1. The molecule has 1 rings (SSSR count). The highest BCUT2D eigenvalue weighted by Gasteiger charge is 2.17. The zero-order valence-corrected chi connectivity index (χ0v) is 9.20. The molecule has 0 bridgehead atoms. The molecule has 0 heterocycles. The quantitative estimate of drug-likeness (QED) is 0.664. The Morgan fingerprint density at radius 3 is 2.17 bits per heavy atom. The summed E-state index contributed by atoms with van der Waals surface area (Å²) < 4.78 is 4.20. The highest BCUT2D eigenvalue weighted by molar-refractivity contribution is 14.1. The van der Waals surface area contributed by atoms with Gasteiger partial charge >= 0.3 is 0 Å². The molecular formula is C9H11IO2. The Kier molecular flexibility index (Phi) is 2.95. The monoisotopic (exact) mass is 278 g/mol. The summed E-state index contributed by atoms with van der Waals surface area (Å²) >= 11 is 1.98. The van der Waals surface area contributed by atoms with Crippen LogP contribution in [0.2, 0.25) is 0 Å². The summed E-state index contributed by atoms with van der Waals surface area (Å²) in [6.45, 7) is 1.75. The first-order valence-corrected chi connectivity index (χ1v) is 4.68.